The van der Waals surface area contributed by atoms with Gasteiger partial charge in [-0.15, -0.1) is 11.3 Å². The van der Waals surface area contributed by atoms with Crippen molar-refractivity contribution in [1.29, 1.82) is 0 Å². The van der Waals surface area contributed by atoms with Gasteiger partial charge in [0.15, 0.2) is 6.23 Å². The molecular weight excluding hydrogens is 298 g/mol. The molecule has 20 heavy (non-hydrogen) atoms. The van der Waals surface area contributed by atoms with Crippen LogP contribution < -0.4 is 4.72 Å². The number of hydrogen-bond donors (Lipinski definition) is 2. The molecular formula is C13H13NO4S2. The van der Waals surface area contributed by atoms with Crippen LogP contribution in [0, 0.1) is 6.92 Å². The average molecular weight is 311 g/mol. The topological polar surface area (TPSA) is 83.5 Å². The fourth-order valence-corrected chi connectivity index (χ4v) is 3.26. The first-order valence-corrected chi connectivity index (χ1v) is 8.11. The number of carbonyl (C=O) groups is 1. The molecule has 1 aromatic carbocycles. The molecule has 1 atom stereocenters. The van der Waals surface area contributed by atoms with Crippen molar-refractivity contribution in [1.82, 2.24) is 4.72 Å². The molecule has 0 amide bonds. The highest BCUT2D eigenvalue weighted by Gasteiger charge is 2.24. The number of nitrogens with one attached hydrogen (secondary N) is 1. The zero-order valence-electron chi connectivity index (χ0n) is 10.6. The smallest absolute Gasteiger partial charge is 0.243 e. The summed E-state index contributed by atoms with van der Waals surface area (Å²) in [4.78, 5) is 12.1. The number of aryl methyl sites for hydroxylation is 1. The summed E-state index contributed by atoms with van der Waals surface area (Å²) in [5.41, 5.74) is 0.916. The van der Waals surface area contributed by atoms with Crippen LogP contribution in [0.3, 0.4) is 0 Å². The van der Waals surface area contributed by atoms with Crippen molar-refractivity contribution in [2.45, 2.75) is 18.0 Å². The summed E-state index contributed by atoms with van der Waals surface area (Å²) >= 11 is 1.14. The Morgan fingerprint density at radius 1 is 1.25 bits per heavy atom. The molecule has 0 saturated heterocycles. The molecule has 2 aromatic rings. The predicted octanol–water partition coefficient (Wildman–Crippen LogP) is 1.54. The maximum absolute atomic E-state index is 12.0. The van der Waals surface area contributed by atoms with E-state index in [0.29, 0.717) is 4.88 Å². The quantitative estimate of drug-likeness (QED) is 0.648. The van der Waals surface area contributed by atoms with Crippen LogP contribution >= 0.6 is 11.3 Å². The van der Waals surface area contributed by atoms with Crippen LogP contribution in [0.2, 0.25) is 0 Å². The van der Waals surface area contributed by atoms with Gasteiger partial charge in [-0.1, -0.05) is 23.8 Å². The first-order valence-electron chi connectivity index (χ1n) is 5.75. The molecule has 0 bridgehead atoms. The highest BCUT2D eigenvalue weighted by atomic mass is 32.2. The lowest BCUT2D eigenvalue weighted by Crippen LogP contribution is -2.40. The van der Waals surface area contributed by atoms with Gasteiger partial charge < -0.3 is 5.11 Å². The minimum atomic E-state index is -3.93. The highest BCUT2D eigenvalue weighted by molar-refractivity contribution is 7.89. The summed E-state index contributed by atoms with van der Waals surface area (Å²) < 4.78 is 26.0. The molecule has 1 heterocycles. The number of Topliss-reactive ketones (excluding diaryl/α,β-unsaturated/α-hetero) is 1. The summed E-state index contributed by atoms with van der Waals surface area (Å²) in [6, 6.07) is 9.29. The average Bonchev–Trinajstić information content (AvgIpc) is 2.91. The first kappa shape index (κ1) is 14.9. The molecule has 106 valence electrons. The van der Waals surface area contributed by atoms with Crippen molar-refractivity contribution >= 4 is 27.1 Å². The normalized spacial score (nSPS) is 13.1. The second kappa shape index (κ2) is 5.84. The molecule has 0 saturated carbocycles. The minimum absolute atomic E-state index is 0.00105. The molecule has 0 radical (unpaired) electrons. The van der Waals surface area contributed by atoms with E-state index in [1.807, 2.05) is 11.6 Å². The number of rotatable bonds is 5. The van der Waals surface area contributed by atoms with Crippen LogP contribution in [-0.4, -0.2) is 25.5 Å². The minimum Gasteiger partial charge on any atom is -0.370 e. The maximum atomic E-state index is 12.0. The van der Waals surface area contributed by atoms with Crippen molar-refractivity contribution < 1.29 is 18.3 Å². The Morgan fingerprint density at radius 2 is 1.90 bits per heavy atom. The van der Waals surface area contributed by atoms with Gasteiger partial charge in [-0.2, -0.15) is 4.72 Å². The van der Waals surface area contributed by atoms with Crippen LogP contribution in [0.4, 0.5) is 0 Å². The van der Waals surface area contributed by atoms with E-state index >= 15 is 0 Å². The van der Waals surface area contributed by atoms with E-state index < -0.39 is 22.0 Å². The lowest BCUT2D eigenvalue weighted by atomic mass is 10.2. The monoisotopic (exact) mass is 311 g/mol. The number of thiophene rings is 1. The zero-order valence-corrected chi connectivity index (χ0v) is 12.2. The SMILES string of the molecule is Cc1ccc(S(=O)(=O)N[C@@H](O)C(=O)c2cccs2)cc1. The summed E-state index contributed by atoms with van der Waals surface area (Å²) in [7, 11) is -3.93. The third-order valence-corrected chi connectivity index (χ3v) is 4.92. The van der Waals surface area contributed by atoms with E-state index in [1.165, 1.54) is 18.2 Å². The van der Waals surface area contributed by atoms with Gasteiger partial charge in [0.1, 0.15) is 0 Å². The third-order valence-electron chi connectivity index (χ3n) is 2.61. The molecule has 5 nitrogen and oxygen atoms in total. The number of benzene rings is 1. The molecule has 1 aromatic heterocycles. The molecule has 0 aliphatic carbocycles. The number of aliphatic hydroxyl groups is 1. The Morgan fingerprint density at radius 3 is 2.45 bits per heavy atom. The number of aliphatic hydroxyl groups excluding tert-OH is 1. The first-order chi connectivity index (χ1) is 9.40. The fraction of sp³-hybridized carbons (Fsp3) is 0.154. The van der Waals surface area contributed by atoms with Crippen molar-refractivity contribution in [2.75, 3.05) is 0 Å². The van der Waals surface area contributed by atoms with Gasteiger partial charge in [-0.25, -0.2) is 8.42 Å². The van der Waals surface area contributed by atoms with Crippen molar-refractivity contribution in [3.05, 3.63) is 52.2 Å². The fourth-order valence-electron chi connectivity index (χ4n) is 1.54. The van der Waals surface area contributed by atoms with E-state index in [2.05, 4.69) is 0 Å². The van der Waals surface area contributed by atoms with Gasteiger partial charge in [0.2, 0.25) is 15.8 Å². The molecule has 0 aliphatic rings. The van der Waals surface area contributed by atoms with E-state index in [-0.39, 0.29) is 4.90 Å². The lowest BCUT2D eigenvalue weighted by molar-refractivity contribution is 0.0730. The molecule has 0 fully saturated rings. The van der Waals surface area contributed by atoms with Gasteiger partial charge in [0, 0.05) is 0 Å². The summed E-state index contributed by atoms with van der Waals surface area (Å²) in [6.45, 7) is 1.83. The zero-order chi connectivity index (χ0) is 14.8. The van der Waals surface area contributed by atoms with Crippen LogP contribution in [0.1, 0.15) is 15.2 Å². The van der Waals surface area contributed by atoms with Gasteiger partial charge in [-0.05, 0) is 30.5 Å². The summed E-state index contributed by atoms with van der Waals surface area (Å²) in [5.74, 6) is -0.671. The van der Waals surface area contributed by atoms with Gasteiger partial charge in [0.05, 0.1) is 9.77 Å². The Balaban J connectivity index is 2.16. The van der Waals surface area contributed by atoms with Gasteiger partial charge in [-0.3, -0.25) is 4.79 Å². The van der Waals surface area contributed by atoms with E-state index in [9.17, 15) is 18.3 Å². The second-order valence-electron chi connectivity index (χ2n) is 4.18. The van der Waals surface area contributed by atoms with Gasteiger partial charge >= 0.3 is 0 Å². The lowest BCUT2D eigenvalue weighted by Gasteiger charge is -2.11. The summed E-state index contributed by atoms with van der Waals surface area (Å²) in [5, 5.41) is 11.4. The molecule has 0 aliphatic heterocycles. The number of ketones is 1. The van der Waals surface area contributed by atoms with Crippen LogP contribution in [0.25, 0.3) is 0 Å². The highest BCUT2D eigenvalue weighted by Crippen LogP contribution is 2.13. The number of sulfonamides is 1. The molecule has 0 spiro atoms. The predicted molar refractivity (Wildman–Crippen MR) is 76.2 cm³/mol. The van der Waals surface area contributed by atoms with E-state index in [4.69, 9.17) is 0 Å². The number of carbonyl (C=O) groups excluding carboxylic acids is 1. The summed E-state index contributed by atoms with van der Waals surface area (Å²) in [6.07, 6.45) is -1.79. The van der Waals surface area contributed by atoms with Crippen LogP contribution in [0.5, 0.6) is 0 Å². The van der Waals surface area contributed by atoms with Gasteiger partial charge in [0.25, 0.3) is 0 Å². The molecule has 0 unspecified atom stereocenters. The molecule has 2 rings (SSSR count). The number of hydrogen-bond acceptors (Lipinski definition) is 5. The van der Waals surface area contributed by atoms with Crippen LogP contribution in [0.15, 0.2) is 46.7 Å². The Bertz CT molecular complexity index is 690. The van der Waals surface area contributed by atoms with Crippen molar-refractivity contribution in [2.24, 2.45) is 0 Å². The Kier molecular flexibility index (Phi) is 4.34. The van der Waals surface area contributed by atoms with Crippen LogP contribution in [-0.2, 0) is 10.0 Å². The third kappa shape index (κ3) is 3.31. The standard InChI is InChI=1S/C13H13NO4S2/c1-9-4-6-10(7-5-9)20(17,18)14-13(16)12(15)11-3-2-8-19-11/h2-8,13-14,16H,1H3/t13-/m0/s1. The van der Waals surface area contributed by atoms with Crippen molar-refractivity contribution in [3.8, 4) is 0 Å². The largest absolute Gasteiger partial charge is 0.370 e. The maximum Gasteiger partial charge on any atom is 0.243 e. The Hall–Kier alpha value is -1.54. The molecule has 7 heteroatoms. The second-order valence-corrected chi connectivity index (χ2v) is 6.84. The van der Waals surface area contributed by atoms with E-state index in [1.54, 1.807) is 23.6 Å². The van der Waals surface area contributed by atoms with E-state index in [0.717, 1.165) is 16.9 Å². The Labute approximate surface area is 120 Å². The molecule has 2 N–H and O–H groups in total. The van der Waals surface area contributed by atoms with Crippen molar-refractivity contribution in [3.63, 3.8) is 0 Å².